The Balaban J connectivity index is 2.11. The van der Waals surface area contributed by atoms with E-state index in [9.17, 15) is 0 Å². The first-order valence-electron chi connectivity index (χ1n) is 8.43. The first-order chi connectivity index (χ1) is 11.9. The van der Waals surface area contributed by atoms with Gasteiger partial charge in [-0.3, -0.25) is 0 Å². The molecule has 0 fully saturated rings. The van der Waals surface area contributed by atoms with Crippen LogP contribution in [-0.2, 0) is 11.0 Å². The minimum absolute atomic E-state index is 0.0181. The van der Waals surface area contributed by atoms with Crippen molar-refractivity contribution in [1.82, 2.24) is 0 Å². The molecule has 25 heavy (non-hydrogen) atoms. The van der Waals surface area contributed by atoms with Crippen molar-refractivity contribution in [2.75, 3.05) is 0 Å². The minimum atomic E-state index is -2.43. The van der Waals surface area contributed by atoms with E-state index < -0.39 is 8.32 Å². The van der Waals surface area contributed by atoms with Crippen molar-refractivity contribution >= 4 is 46.0 Å². The quantitative estimate of drug-likeness (QED) is 0.479. The zero-order valence-electron chi connectivity index (χ0n) is 14.8. The Bertz CT molecular complexity index is 769. The van der Waals surface area contributed by atoms with E-state index in [0.29, 0.717) is 6.61 Å². The SMILES string of the molecule is CC(C)(C)[Si](OCc1ccc(Br)s1)(c1ccccc1)c1ccccc1. The van der Waals surface area contributed by atoms with E-state index in [4.69, 9.17) is 4.43 Å². The average Bonchev–Trinajstić information content (AvgIpc) is 3.02. The molecule has 0 unspecified atom stereocenters. The summed E-state index contributed by atoms with van der Waals surface area (Å²) < 4.78 is 8.04. The van der Waals surface area contributed by atoms with Gasteiger partial charge in [0.25, 0.3) is 8.32 Å². The molecular formula is C21H23BrOSSi. The average molecular weight is 431 g/mol. The van der Waals surface area contributed by atoms with Gasteiger partial charge in [-0.2, -0.15) is 0 Å². The highest BCUT2D eigenvalue weighted by Crippen LogP contribution is 2.37. The van der Waals surface area contributed by atoms with E-state index in [2.05, 4.69) is 109 Å². The summed E-state index contributed by atoms with van der Waals surface area (Å²) in [4.78, 5) is 1.25. The molecule has 3 aromatic rings. The zero-order chi connectivity index (χ0) is 17.9. The highest BCUT2D eigenvalue weighted by atomic mass is 79.9. The number of hydrogen-bond acceptors (Lipinski definition) is 2. The molecule has 0 N–H and O–H groups in total. The molecule has 0 aliphatic carbocycles. The molecule has 0 saturated carbocycles. The number of halogens is 1. The number of hydrogen-bond donors (Lipinski definition) is 0. The lowest BCUT2D eigenvalue weighted by Gasteiger charge is -2.43. The van der Waals surface area contributed by atoms with Gasteiger partial charge in [0.1, 0.15) is 0 Å². The highest BCUT2D eigenvalue weighted by molar-refractivity contribution is 9.11. The van der Waals surface area contributed by atoms with Crippen LogP contribution in [0.15, 0.2) is 76.6 Å². The number of rotatable bonds is 5. The monoisotopic (exact) mass is 430 g/mol. The lowest BCUT2D eigenvalue weighted by Crippen LogP contribution is -2.66. The van der Waals surface area contributed by atoms with Gasteiger partial charge in [0.05, 0.1) is 10.4 Å². The summed E-state index contributed by atoms with van der Waals surface area (Å²) in [6, 6.07) is 25.8. The van der Waals surface area contributed by atoms with Crippen LogP contribution in [0.3, 0.4) is 0 Å². The van der Waals surface area contributed by atoms with Crippen LogP contribution in [0.2, 0.25) is 5.04 Å². The fraction of sp³-hybridized carbons (Fsp3) is 0.238. The molecule has 0 spiro atoms. The van der Waals surface area contributed by atoms with Gasteiger partial charge < -0.3 is 4.43 Å². The Morgan fingerprint density at radius 2 is 1.36 bits per heavy atom. The van der Waals surface area contributed by atoms with Gasteiger partial charge in [0, 0.05) is 4.88 Å². The van der Waals surface area contributed by atoms with E-state index in [0.717, 1.165) is 3.79 Å². The van der Waals surface area contributed by atoms with Gasteiger partial charge in [-0.1, -0.05) is 81.4 Å². The van der Waals surface area contributed by atoms with Crippen LogP contribution >= 0.6 is 27.3 Å². The van der Waals surface area contributed by atoms with Gasteiger partial charge >= 0.3 is 0 Å². The Morgan fingerprint density at radius 3 is 1.76 bits per heavy atom. The minimum Gasteiger partial charge on any atom is -0.402 e. The summed E-state index contributed by atoms with van der Waals surface area (Å²) in [5.74, 6) is 0. The Morgan fingerprint density at radius 1 is 0.840 bits per heavy atom. The standard InChI is InChI=1S/C21H23BrOSSi/c1-21(2,3)25(18-10-6-4-7-11-18,19-12-8-5-9-13-19)23-16-17-14-15-20(22)24-17/h4-15H,16H2,1-3H3. The second-order valence-electron chi connectivity index (χ2n) is 7.16. The van der Waals surface area contributed by atoms with Crippen LogP contribution in [0, 0.1) is 0 Å². The summed E-state index contributed by atoms with van der Waals surface area (Å²) in [5, 5.41) is 2.66. The maximum atomic E-state index is 6.89. The van der Waals surface area contributed by atoms with Crippen LogP contribution in [0.25, 0.3) is 0 Å². The van der Waals surface area contributed by atoms with Crippen molar-refractivity contribution in [2.24, 2.45) is 0 Å². The molecule has 4 heteroatoms. The third-order valence-corrected chi connectivity index (χ3v) is 11.1. The maximum Gasteiger partial charge on any atom is 0.261 e. The zero-order valence-corrected chi connectivity index (χ0v) is 18.2. The molecule has 0 atom stereocenters. The molecule has 0 aliphatic rings. The summed E-state index contributed by atoms with van der Waals surface area (Å²) in [6.07, 6.45) is 0. The van der Waals surface area contributed by atoms with Crippen molar-refractivity contribution in [3.8, 4) is 0 Å². The van der Waals surface area contributed by atoms with E-state index in [1.165, 1.54) is 15.3 Å². The van der Waals surface area contributed by atoms with E-state index in [-0.39, 0.29) is 5.04 Å². The van der Waals surface area contributed by atoms with Crippen molar-refractivity contribution in [3.05, 3.63) is 81.5 Å². The number of thiophene rings is 1. The molecule has 0 bridgehead atoms. The maximum absolute atomic E-state index is 6.89. The van der Waals surface area contributed by atoms with Crippen molar-refractivity contribution < 1.29 is 4.43 Å². The van der Waals surface area contributed by atoms with E-state index >= 15 is 0 Å². The predicted octanol–water partition coefficient (Wildman–Crippen LogP) is 5.59. The Labute approximate surface area is 163 Å². The fourth-order valence-corrected chi connectivity index (χ4v) is 9.40. The van der Waals surface area contributed by atoms with Crippen LogP contribution in [-0.4, -0.2) is 8.32 Å². The molecular weight excluding hydrogens is 408 g/mol. The predicted molar refractivity (Wildman–Crippen MR) is 114 cm³/mol. The van der Waals surface area contributed by atoms with Crippen LogP contribution < -0.4 is 10.4 Å². The van der Waals surface area contributed by atoms with Gasteiger partial charge in [0.15, 0.2) is 0 Å². The van der Waals surface area contributed by atoms with Crippen LogP contribution in [0.5, 0.6) is 0 Å². The smallest absolute Gasteiger partial charge is 0.261 e. The van der Waals surface area contributed by atoms with Crippen molar-refractivity contribution in [2.45, 2.75) is 32.4 Å². The lowest BCUT2D eigenvalue weighted by atomic mass is 10.2. The van der Waals surface area contributed by atoms with Gasteiger partial charge in [0.2, 0.25) is 0 Å². The Kier molecular flexibility index (Phi) is 5.64. The summed E-state index contributed by atoms with van der Waals surface area (Å²) in [7, 11) is -2.43. The van der Waals surface area contributed by atoms with Crippen molar-refractivity contribution in [1.29, 1.82) is 0 Å². The molecule has 1 nitrogen and oxygen atoms in total. The van der Waals surface area contributed by atoms with Crippen LogP contribution in [0.4, 0.5) is 0 Å². The molecule has 3 rings (SSSR count). The summed E-state index contributed by atoms with van der Waals surface area (Å²) >= 11 is 5.30. The molecule has 0 amide bonds. The molecule has 0 radical (unpaired) electrons. The number of benzene rings is 2. The largest absolute Gasteiger partial charge is 0.402 e. The van der Waals surface area contributed by atoms with E-state index in [1.54, 1.807) is 11.3 Å². The molecule has 130 valence electrons. The van der Waals surface area contributed by atoms with Crippen LogP contribution in [0.1, 0.15) is 25.6 Å². The normalized spacial score (nSPS) is 12.3. The third-order valence-electron chi connectivity index (χ3n) is 4.48. The lowest BCUT2D eigenvalue weighted by molar-refractivity contribution is 0.289. The molecule has 2 aromatic carbocycles. The topological polar surface area (TPSA) is 9.23 Å². The summed E-state index contributed by atoms with van der Waals surface area (Å²) in [6.45, 7) is 7.57. The van der Waals surface area contributed by atoms with Gasteiger partial charge in [-0.25, -0.2) is 0 Å². The van der Waals surface area contributed by atoms with Gasteiger partial charge in [-0.05, 0) is 43.5 Å². The molecule has 1 aromatic heterocycles. The van der Waals surface area contributed by atoms with Crippen molar-refractivity contribution in [3.63, 3.8) is 0 Å². The summed E-state index contributed by atoms with van der Waals surface area (Å²) in [5.41, 5.74) is 0. The molecule has 0 aliphatic heterocycles. The Hall–Kier alpha value is -1.20. The highest BCUT2D eigenvalue weighted by Gasteiger charge is 2.50. The fourth-order valence-electron chi connectivity index (χ4n) is 3.37. The third kappa shape index (κ3) is 3.82. The second kappa shape index (κ2) is 7.58. The van der Waals surface area contributed by atoms with E-state index in [1.807, 2.05) is 0 Å². The van der Waals surface area contributed by atoms with Gasteiger partial charge in [-0.15, -0.1) is 11.3 Å². The molecule has 0 saturated heterocycles. The molecule has 1 heterocycles. The second-order valence-corrected chi connectivity index (χ2v) is 14.0. The first kappa shape index (κ1) is 18.6. The first-order valence-corrected chi connectivity index (χ1v) is 11.9.